The first kappa shape index (κ1) is 22.7. The molecule has 2 atom stereocenters. The van der Waals surface area contributed by atoms with E-state index in [1.807, 2.05) is 12.1 Å². The molecular weight excluding hydrogens is 386 g/mol. The standard InChI is InChI=1S/C22H33N3O5/c1-21(2,15-26)19(28)22(13-18(27)23-9-12-25-10-5-6-11-25)20(29)24-17-8-4-3-7-16(17)14-30-22/h3-4,7-8,19,26,28H,5-6,9-15H2,1-2H3,(H,23,27)(H,24,29). The molecule has 1 aromatic rings. The molecule has 1 saturated heterocycles. The van der Waals surface area contributed by atoms with Crippen LogP contribution in [0, 0.1) is 5.41 Å². The Bertz CT molecular complexity index is 763. The number of carbonyl (C=O) groups is 2. The molecule has 0 radical (unpaired) electrons. The number of aliphatic hydroxyl groups is 2. The van der Waals surface area contributed by atoms with Crippen molar-refractivity contribution in [2.45, 2.75) is 51.4 Å². The van der Waals surface area contributed by atoms with Crippen molar-refractivity contribution in [3.63, 3.8) is 0 Å². The van der Waals surface area contributed by atoms with Crippen LogP contribution in [-0.4, -0.2) is 71.4 Å². The average Bonchev–Trinajstić information content (AvgIpc) is 3.20. The van der Waals surface area contributed by atoms with Gasteiger partial charge in [0.25, 0.3) is 5.91 Å². The van der Waals surface area contributed by atoms with E-state index >= 15 is 0 Å². The molecule has 2 heterocycles. The van der Waals surface area contributed by atoms with Gasteiger partial charge in [-0.3, -0.25) is 9.59 Å². The first-order valence-electron chi connectivity index (χ1n) is 10.6. The summed E-state index contributed by atoms with van der Waals surface area (Å²) >= 11 is 0. The molecule has 1 aromatic carbocycles. The molecule has 1 fully saturated rings. The predicted octanol–water partition coefficient (Wildman–Crippen LogP) is 0.876. The number of benzene rings is 1. The van der Waals surface area contributed by atoms with E-state index in [-0.39, 0.29) is 25.5 Å². The number of rotatable bonds is 8. The van der Waals surface area contributed by atoms with Gasteiger partial charge in [0.15, 0.2) is 5.60 Å². The van der Waals surface area contributed by atoms with E-state index in [1.165, 1.54) is 12.8 Å². The summed E-state index contributed by atoms with van der Waals surface area (Å²) in [4.78, 5) is 28.3. The molecule has 8 nitrogen and oxygen atoms in total. The quantitative estimate of drug-likeness (QED) is 0.498. The van der Waals surface area contributed by atoms with Crippen LogP contribution >= 0.6 is 0 Å². The lowest BCUT2D eigenvalue weighted by Crippen LogP contribution is -2.61. The number of likely N-dealkylation sites (tertiary alicyclic amines) is 1. The zero-order valence-electron chi connectivity index (χ0n) is 17.8. The average molecular weight is 420 g/mol. The van der Waals surface area contributed by atoms with Crippen molar-refractivity contribution in [3.05, 3.63) is 29.8 Å². The molecule has 0 aliphatic carbocycles. The minimum Gasteiger partial charge on any atom is -0.396 e. The van der Waals surface area contributed by atoms with Crippen molar-refractivity contribution >= 4 is 17.5 Å². The summed E-state index contributed by atoms with van der Waals surface area (Å²) in [5, 5.41) is 26.6. The summed E-state index contributed by atoms with van der Waals surface area (Å²) in [7, 11) is 0. The minimum atomic E-state index is -1.82. The third-order valence-electron chi connectivity index (χ3n) is 6.10. The van der Waals surface area contributed by atoms with Crippen LogP contribution in [0.2, 0.25) is 0 Å². The Morgan fingerprint density at radius 1 is 1.33 bits per heavy atom. The van der Waals surface area contributed by atoms with Crippen molar-refractivity contribution in [3.8, 4) is 0 Å². The lowest BCUT2D eigenvalue weighted by molar-refractivity contribution is -0.186. The van der Waals surface area contributed by atoms with Crippen molar-refractivity contribution in [1.82, 2.24) is 10.2 Å². The number of anilines is 1. The molecule has 2 unspecified atom stereocenters. The van der Waals surface area contributed by atoms with Crippen molar-refractivity contribution in [2.75, 3.05) is 38.1 Å². The minimum absolute atomic E-state index is 0.0640. The number of ether oxygens (including phenoxy) is 1. The van der Waals surface area contributed by atoms with Gasteiger partial charge in [-0.2, -0.15) is 0 Å². The maximum Gasteiger partial charge on any atom is 0.259 e. The molecule has 0 aromatic heterocycles. The highest BCUT2D eigenvalue weighted by atomic mass is 16.5. The van der Waals surface area contributed by atoms with Crippen molar-refractivity contribution < 1.29 is 24.5 Å². The van der Waals surface area contributed by atoms with Crippen LogP contribution in [-0.2, 0) is 20.9 Å². The van der Waals surface area contributed by atoms with Gasteiger partial charge in [0.1, 0.15) is 0 Å². The third kappa shape index (κ3) is 4.83. The number of hydrogen-bond acceptors (Lipinski definition) is 6. The van der Waals surface area contributed by atoms with Gasteiger partial charge in [0.2, 0.25) is 5.91 Å². The summed E-state index contributed by atoms with van der Waals surface area (Å²) in [6, 6.07) is 7.21. The highest BCUT2D eigenvalue weighted by Crippen LogP contribution is 2.37. The number of nitrogens with one attached hydrogen (secondary N) is 2. The molecule has 2 aliphatic rings. The van der Waals surface area contributed by atoms with Crippen LogP contribution in [0.15, 0.2) is 24.3 Å². The van der Waals surface area contributed by atoms with Crippen LogP contribution < -0.4 is 10.6 Å². The van der Waals surface area contributed by atoms with E-state index in [2.05, 4.69) is 15.5 Å². The molecule has 0 spiro atoms. The first-order chi connectivity index (χ1) is 14.3. The molecule has 0 bridgehead atoms. The Labute approximate surface area is 177 Å². The number of para-hydroxylation sites is 1. The molecule has 8 heteroatoms. The molecule has 4 N–H and O–H groups in total. The van der Waals surface area contributed by atoms with Gasteiger partial charge >= 0.3 is 0 Å². The molecule has 2 aliphatic heterocycles. The number of hydrogen-bond donors (Lipinski definition) is 4. The van der Waals surface area contributed by atoms with Crippen LogP contribution in [0.25, 0.3) is 0 Å². The summed E-state index contributed by atoms with van der Waals surface area (Å²) in [6.07, 6.45) is 0.619. The van der Waals surface area contributed by atoms with Crippen molar-refractivity contribution in [2.24, 2.45) is 5.41 Å². The van der Waals surface area contributed by atoms with Gasteiger partial charge in [-0.25, -0.2) is 0 Å². The van der Waals surface area contributed by atoms with E-state index in [1.54, 1.807) is 26.0 Å². The van der Waals surface area contributed by atoms with Crippen LogP contribution in [0.1, 0.15) is 38.7 Å². The van der Waals surface area contributed by atoms with Gasteiger partial charge in [-0.15, -0.1) is 0 Å². The highest BCUT2D eigenvalue weighted by molar-refractivity contribution is 6.01. The van der Waals surface area contributed by atoms with E-state index in [0.29, 0.717) is 12.2 Å². The van der Waals surface area contributed by atoms with Crippen LogP contribution in [0.5, 0.6) is 0 Å². The number of aliphatic hydroxyl groups excluding tert-OH is 2. The SMILES string of the molecule is CC(C)(CO)C(O)C1(CC(=O)NCCN2CCCC2)OCc2ccccc2NC1=O. The molecular formula is C22H33N3O5. The molecule has 30 heavy (non-hydrogen) atoms. The summed E-state index contributed by atoms with van der Waals surface area (Å²) in [5.74, 6) is -0.959. The molecule has 2 amide bonds. The topological polar surface area (TPSA) is 111 Å². The van der Waals surface area contributed by atoms with Gasteiger partial charge in [-0.1, -0.05) is 32.0 Å². The first-order valence-corrected chi connectivity index (χ1v) is 10.6. The Morgan fingerprint density at radius 3 is 2.73 bits per heavy atom. The fraction of sp³-hybridized carbons (Fsp3) is 0.636. The van der Waals surface area contributed by atoms with Gasteiger partial charge in [0.05, 0.1) is 25.7 Å². The second kappa shape index (κ2) is 9.43. The maximum absolute atomic E-state index is 13.3. The fourth-order valence-electron chi connectivity index (χ4n) is 4.08. The van der Waals surface area contributed by atoms with Crippen LogP contribution in [0.4, 0.5) is 5.69 Å². The van der Waals surface area contributed by atoms with E-state index < -0.39 is 23.0 Å². The summed E-state index contributed by atoms with van der Waals surface area (Å²) in [5.41, 5.74) is -1.52. The Balaban J connectivity index is 1.78. The normalized spacial score (nSPS) is 23.4. The number of fused-ring (bicyclic) bond motifs is 1. The smallest absolute Gasteiger partial charge is 0.259 e. The zero-order chi connectivity index (χ0) is 21.8. The van der Waals surface area contributed by atoms with E-state index in [9.17, 15) is 19.8 Å². The predicted molar refractivity (Wildman–Crippen MR) is 113 cm³/mol. The fourth-order valence-corrected chi connectivity index (χ4v) is 4.08. The zero-order valence-corrected chi connectivity index (χ0v) is 17.8. The lowest BCUT2D eigenvalue weighted by Gasteiger charge is -2.41. The number of nitrogens with zero attached hydrogens (tertiary/aromatic N) is 1. The monoisotopic (exact) mass is 419 g/mol. The summed E-state index contributed by atoms with van der Waals surface area (Å²) < 4.78 is 5.99. The van der Waals surface area contributed by atoms with Gasteiger partial charge in [-0.05, 0) is 32.0 Å². The maximum atomic E-state index is 13.3. The number of carbonyl (C=O) groups excluding carboxylic acids is 2. The second-order valence-corrected chi connectivity index (χ2v) is 8.91. The van der Waals surface area contributed by atoms with Crippen molar-refractivity contribution in [1.29, 1.82) is 0 Å². The van der Waals surface area contributed by atoms with Crippen LogP contribution in [0.3, 0.4) is 0 Å². The Hall–Kier alpha value is -2.00. The molecule has 0 saturated carbocycles. The Morgan fingerprint density at radius 2 is 2.03 bits per heavy atom. The highest BCUT2D eigenvalue weighted by Gasteiger charge is 2.54. The molecule has 3 rings (SSSR count). The van der Waals surface area contributed by atoms with E-state index in [0.717, 1.165) is 25.2 Å². The second-order valence-electron chi connectivity index (χ2n) is 8.91. The van der Waals surface area contributed by atoms with Gasteiger partial charge < -0.3 is 30.5 Å². The van der Waals surface area contributed by atoms with E-state index in [4.69, 9.17) is 4.74 Å². The lowest BCUT2D eigenvalue weighted by atomic mass is 9.75. The number of amides is 2. The largest absolute Gasteiger partial charge is 0.396 e. The molecule has 166 valence electrons. The summed E-state index contributed by atoms with van der Waals surface area (Å²) in [6.45, 7) is 6.27. The third-order valence-corrected chi connectivity index (χ3v) is 6.10. The van der Waals surface area contributed by atoms with Gasteiger partial charge in [0, 0.05) is 29.8 Å². The Kier molecular flexibility index (Phi) is 7.13.